The summed E-state index contributed by atoms with van der Waals surface area (Å²) in [6.07, 6.45) is 4.14. The van der Waals surface area contributed by atoms with Crippen molar-refractivity contribution in [3.8, 4) is 0 Å². The highest BCUT2D eigenvalue weighted by atomic mass is 35.5. The fourth-order valence-electron chi connectivity index (χ4n) is 3.53. The van der Waals surface area contributed by atoms with Gasteiger partial charge in [-0.2, -0.15) is 0 Å². The first-order chi connectivity index (χ1) is 12.3. The molecule has 3 nitrogen and oxygen atoms in total. The molecule has 2 fully saturated rings. The Bertz CT molecular complexity index is 703. The van der Waals surface area contributed by atoms with Gasteiger partial charge in [0, 0.05) is 23.1 Å². The van der Waals surface area contributed by atoms with Gasteiger partial charge in [0.05, 0.1) is 18.1 Å². The fourth-order valence-corrected chi connectivity index (χ4v) is 5.04. The van der Waals surface area contributed by atoms with Crippen LogP contribution in [0.1, 0.15) is 40.0 Å². The van der Waals surface area contributed by atoms with Crippen molar-refractivity contribution in [3.63, 3.8) is 0 Å². The first-order valence-electron chi connectivity index (χ1n) is 8.95. The summed E-state index contributed by atoms with van der Waals surface area (Å²) in [7, 11) is 0. The van der Waals surface area contributed by atoms with Crippen LogP contribution in [0.5, 0.6) is 0 Å². The summed E-state index contributed by atoms with van der Waals surface area (Å²) >= 11 is 8.01. The van der Waals surface area contributed by atoms with Crippen molar-refractivity contribution in [2.24, 2.45) is 5.92 Å². The van der Waals surface area contributed by atoms with E-state index in [1.165, 1.54) is 20.9 Å². The molecule has 25 heavy (non-hydrogen) atoms. The molecule has 2 aliphatic rings. The Morgan fingerprint density at radius 3 is 2.60 bits per heavy atom. The zero-order valence-corrected chi connectivity index (χ0v) is 15.8. The second-order valence-electron chi connectivity index (χ2n) is 6.74. The molecule has 0 amide bonds. The second kappa shape index (κ2) is 8.19. The van der Waals surface area contributed by atoms with Gasteiger partial charge in [-0.1, -0.05) is 23.7 Å². The van der Waals surface area contributed by atoms with Gasteiger partial charge in [-0.3, -0.25) is 0 Å². The molecule has 0 saturated carbocycles. The summed E-state index contributed by atoms with van der Waals surface area (Å²) in [6.45, 7) is 3.14. The number of halogens is 1. The van der Waals surface area contributed by atoms with Crippen LogP contribution in [0.2, 0.25) is 5.02 Å². The largest absolute Gasteiger partial charge is 0.381 e. The van der Waals surface area contributed by atoms with E-state index >= 15 is 0 Å². The van der Waals surface area contributed by atoms with Gasteiger partial charge in [0.2, 0.25) is 0 Å². The summed E-state index contributed by atoms with van der Waals surface area (Å²) in [6, 6.07) is 10.4. The minimum atomic E-state index is -0.188. The molecule has 2 aliphatic heterocycles. The third-order valence-corrected chi connectivity index (χ3v) is 6.32. The summed E-state index contributed by atoms with van der Waals surface area (Å²) in [5.41, 5.74) is 2.63. The standard InChI is InChI=1S/C20H23ClO3S/c21-17-3-1-2-15(11-17)10-16-13-19(20-23-8-9-24-20)25-18(16)12-14-4-6-22-7-5-14/h1-3,11,13-14,20H,4-10,12H2. The van der Waals surface area contributed by atoms with E-state index in [0.29, 0.717) is 19.1 Å². The van der Waals surface area contributed by atoms with E-state index in [1.54, 1.807) is 0 Å². The highest BCUT2D eigenvalue weighted by Gasteiger charge is 2.24. The molecule has 0 bridgehead atoms. The van der Waals surface area contributed by atoms with E-state index in [1.807, 2.05) is 23.5 Å². The summed E-state index contributed by atoms with van der Waals surface area (Å²) in [5.74, 6) is 0.712. The lowest BCUT2D eigenvalue weighted by atomic mass is 9.93. The molecule has 1 aromatic carbocycles. The average Bonchev–Trinajstić information content (AvgIpc) is 3.26. The molecule has 0 spiro atoms. The molecule has 0 N–H and O–H groups in total. The van der Waals surface area contributed by atoms with Gasteiger partial charge in [-0.15, -0.1) is 11.3 Å². The van der Waals surface area contributed by atoms with Gasteiger partial charge in [0.25, 0.3) is 0 Å². The van der Waals surface area contributed by atoms with Gasteiger partial charge in [0.15, 0.2) is 6.29 Å². The quantitative estimate of drug-likeness (QED) is 0.732. The SMILES string of the molecule is Clc1cccc(Cc2cc(C3OCCO3)sc2CC2CCOCC2)c1. The van der Waals surface area contributed by atoms with E-state index in [9.17, 15) is 0 Å². The van der Waals surface area contributed by atoms with E-state index in [-0.39, 0.29) is 6.29 Å². The highest BCUT2D eigenvalue weighted by molar-refractivity contribution is 7.12. The number of hydrogen-bond acceptors (Lipinski definition) is 4. The lowest BCUT2D eigenvalue weighted by Gasteiger charge is -2.22. The van der Waals surface area contributed by atoms with Crippen LogP contribution in [-0.2, 0) is 27.1 Å². The Morgan fingerprint density at radius 1 is 1.04 bits per heavy atom. The molecular formula is C20H23ClO3S. The second-order valence-corrected chi connectivity index (χ2v) is 8.34. The van der Waals surface area contributed by atoms with Crippen molar-refractivity contribution in [2.45, 2.75) is 32.0 Å². The van der Waals surface area contributed by atoms with Crippen molar-refractivity contribution in [1.29, 1.82) is 0 Å². The van der Waals surface area contributed by atoms with E-state index in [0.717, 1.165) is 43.9 Å². The maximum absolute atomic E-state index is 6.16. The normalized spacial score (nSPS) is 19.6. The first kappa shape index (κ1) is 17.5. The molecule has 5 heteroatoms. The number of benzene rings is 1. The molecular weight excluding hydrogens is 356 g/mol. The Kier molecular flexibility index (Phi) is 5.73. The van der Waals surface area contributed by atoms with Gasteiger partial charge in [-0.25, -0.2) is 0 Å². The Morgan fingerprint density at radius 2 is 1.84 bits per heavy atom. The minimum Gasteiger partial charge on any atom is -0.381 e. The molecule has 0 unspecified atom stereocenters. The number of hydrogen-bond donors (Lipinski definition) is 0. The fraction of sp³-hybridized carbons (Fsp3) is 0.500. The molecule has 0 radical (unpaired) electrons. The van der Waals surface area contributed by atoms with Crippen molar-refractivity contribution in [1.82, 2.24) is 0 Å². The summed E-state index contributed by atoms with van der Waals surface area (Å²) in [5, 5.41) is 0.793. The number of thiophene rings is 1. The van der Waals surface area contributed by atoms with Crippen LogP contribution >= 0.6 is 22.9 Å². The van der Waals surface area contributed by atoms with Crippen molar-refractivity contribution in [2.75, 3.05) is 26.4 Å². The van der Waals surface area contributed by atoms with Crippen molar-refractivity contribution in [3.05, 3.63) is 56.2 Å². The Labute approximate surface area is 157 Å². The highest BCUT2D eigenvalue weighted by Crippen LogP contribution is 2.36. The van der Waals surface area contributed by atoms with Crippen LogP contribution in [0, 0.1) is 5.92 Å². The lowest BCUT2D eigenvalue weighted by molar-refractivity contribution is -0.0413. The van der Waals surface area contributed by atoms with E-state index in [4.69, 9.17) is 25.8 Å². The van der Waals surface area contributed by atoms with Crippen molar-refractivity contribution < 1.29 is 14.2 Å². The molecule has 4 rings (SSSR count). The number of ether oxygens (including phenoxy) is 3. The van der Waals surface area contributed by atoms with Gasteiger partial charge >= 0.3 is 0 Å². The smallest absolute Gasteiger partial charge is 0.193 e. The maximum Gasteiger partial charge on any atom is 0.193 e. The van der Waals surface area contributed by atoms with Gasteiger partial charge in [-0.05, 0) is 60.9 Å². The van der Waals surface area contributed by atoms with Crippen LogP contribution in [0.25, 0.3) is 0 Å². The third-order valence-electron chi connectivity index (χ3n) is 4.87. The average molecular weight is 379 g/mol. The van der Waals surface area contributed by atoms with Crippen LogP contribution in [0.3, 0.4) is 0 Å². The first-order valence-corrected chi connectivity index (χ1v) is 10.1. The molecule has 2 saturated heterocycles. The molecule has 134 valence electrons. The minimum absolute atomic E-state index is 0.188. The molecule has 0 atom stereocenters. The van der Waals surface area contributed by atoms with Gasteiger partial charge < -0.3 is 14.2 Å². The Hall–Kier alpha value is -0.910. The molecule has 0 aliphatic carbocycles. The van der Waals surface area contributed by atoms with Crippen LogP contribution in [0.15, 0.2) is 30.3 Å². The molecule has 2 aromatic rings. The maximum atomic E-state index is 6.16. The van der Waals surface area contributed by atoms with Crippen LogP contribution in [-0.4, -0.2) is 26.4 Å². The Balaban J connectivity index is 1.57. The summed E-state index contributed by atoms with van der Waals surface area (Å²) in [4.78, 5) is 2.65. The van der Waals surface area contributed by atoms with Crippen LogP contribution < -0.4 is 0 Å². The molecule has 3 heterocycles. The zero-order chi connectivity index (χ0) is 17.1. The van der Waals surface area contributed by atoms with Crippen LogP contribution in [0.4, 0.5) is 0 Å². The topological polar surface area (TPSA) is 27.7 Å². The number of rotatable bonds is 5. The third kappa shape index (κ3) is 4.44. The monoisotopic (exact) mass is 378 g/mol. The predicted molar refractivity (Wildman–Crippen MR) is 100 cm³/mol. The predicted octanol–water partition coefficient (Wildman–Crippen LogP) is 5.01. The van der Waals surface area contributed by atoms with Gasteiger partial charge in [0.1, 0.15) is 0 Å². The van der Waals surface area contributed by atoms with Crippen molar-refractivity contribution >= 4 is 22.9 Å². The zero-order valence-electron chi connectivity index (χ0n) is 14.2. The van der Waals surface area contributed by atoms with E-state index < -0.39 is 0 Å². The van der Waals surface area contributed by atoms with E-state index in [2.05, 4.69) is 18.2 Å². The summed E-state index contributed by atoms with van der Waals surface area (Å²) < 4.78 is 16.9. The molecule has 1 aromatic heterocycles. The lowest BCUT2D eigenvalue weighted by Crippen LogP contribution is -2.17.